The van der Waals surface area contributed by atoms with E-state index in [0.29, 0.717) is 26.3 Å². The second kappa shape index (κ2) is 6.50. The molecule has 1 heterocycles. The number of hydrogen-bond donors (Lipinski definition) is 1. The van der Waals surface area contributed by atoms with E-state index in [2.05, 4.69) is 15.1 Å². The summed E-state index contributed by atoms with van der Waals surface area (Å²) < 4.78 is 5.20. The average Bonchev–Trinajstić information content (AvgIpc) is 2.28. The molecular weight excluding hydrogens is 242 g/mol. The molecule has 1 N–H and O–H groups in total. The minimum atomic E-state index is -1.46. The highest BCUT2D eigenvalue weighted by Crippen LogP contribution is 2.08. The van der Waals surface area contributed by atoms with Crippen molar-refractivity contribution in [3.63, 3.8) is 0 Å². The van der Waals surface area contributed by atoms with Crippen molar-refractivity contribution in [1.82, 2.24) is 10.2 Å². The Balaban J connectivity index is 2.25. The van der Waals surface area contributed by atoms with Crippen LogP contribution in [0.5, 0.6) is 0 Å². The van der Waals surface area contributed by atoms with Gasteiger partial charge in [-0.05, 0) is 13.8 Å². The molecule has 0 spiro atoms. The standard InChI is InChI=1S/C10H19N3O5/c1-10(2,18-13(15)16)9(14)11-3-4-12-5-7-17-8-6-12/h3-8H2,1-2H3,(H,11,14). The van der Waals surface area contributed by atoms with Crippen molar-refractivity contribution in [3.8, 4) is 0 Å². The first-order valence-corrected chi connectivity index (χ1v) is 5.84. The van der Waals surface area contributed by atoms with Crippen molar-refractivity contribution in [2.24, 2.45) is 0 Å². The van der Waals surface area contributed by atoms with E-state index in [1.165, 1.54) is 13.8 Å². The van der Waals surface area contributed by atoms with Gasteiger partial charge in [0.15, 0.2) is 5.60 Å². The van der Waals surface area contributed by atoms with Crippen LogP contribution in [0.1, 0.15) is 13.8 Å². The predicted octanol–water partition coefficient (Wildman–Crippen LogP) is -0.578. The van der Waals surface area contributed by atoms with Gasteiger partial charge in [-0.3, -0.25) is 14.5 Å². The molecule has 0 bridgehead atoms. The molecular formula is C10H19N3O5. The number of carbonyl (C=O) groups is 1. The number of carbonyl (C=O) groups excluding carboxylic acids is 1. The lowest BCUT2D eigenvalue weighted by atomic mass is 10.1. The quantitative estimate of drug-likeness (QED) is 0.508. The minimum absolute atomic E-state index is 0.434. The van der Waals surface area contributed by atoms with Crippen molar-refractivity contribution in [2.45, 2.75) is 19.4 Å². The summed E-state index contributed by atoms with van der Waals surface area (Å²) >= 11 is 0. The third-order valence-electron chi connectivity index (χ3n) is 2.67. The molecule has 8 nitrogen and oxygen atoms in total. The van der Waals surface area contributed by atoms with Crippen molar-refractivity contribution in [3.05, 3.63) is 10.1 Å². The molecule has 1 aliphatic heterocycles. The fourth-order valence-electron chi connectivity index (χ4n) is 1.59. The fraction of sp³-hybridized carbons (Fsp3) is 0.900. The molecule has 1 aliphatic rings. The molecule has 0 saturated carbocycles. The van der Waals surface area contributed by atoms with Gasteiger partial charge >= 0.3 is 0 Å². The van der Waals surface area contributed by atoms with Gasteiger partial charge < -0.3 is 10.1 Å². The first kappa shape index (κ1) is 14.7. The summed E-state index contributed by atoms with van der Waals surface area (Å²) in [7, 11) is 0. The summed E-state index contributed by atoms with van der Waals surface area (Å²) in [6.07, 6.45) is 0. The summed E-state index contributed by atoms with van der Waals surface area (Å²) in [6, 6.07) is 0. The normalized spacial score (nSPS) is 17.2. The summed E-state index contributed by atoms with van der Waals surface area (Å²) in [5, 5.41) is 11.9. The van der Waals surface area contributed by atoms with Crippen LogP contribution in [0, 0.1) is 10.1 Å². The number of nitrogens with zero attached hydrogens (tertiary/aromatic N) is 2. The van der Waals surface area contributed by atoms with E-state index in [-0.39, 0.29) is 0 Å². The number of morpholine rings is 1. The summed E-state index contributed by atoms with van der Waals surface area (Å²) in [5.41, 5.74) is -1.46. The summed E-state index contributed by atoms with van der Waals surface area (Å²) in [5.74, 6) is -0.493. The molecule has 0 aliphatic carbocycles. The molecule has 1 amide bonds. The van der Waals surface area contributed by atoms with E-state index in [1.807, 2.05) is 0 Å². The van der Waals surface area contributed by atoms with Gasteiger partial charge in [0, 0.05) is 26.2 Å². The Morgan fingerprint density at radius 1 is 1.50 bits per heavy atom. The lowest BCUT2D eigenvalue weighted by molar-refractivity contribution is -0.774. The molecule has 0 unspecified atom stereocenters. The number of rotatable bonds is 6. The Morgan fingerprint density at radius 3 is 2.67 bits per heavy atom. The average molecular weight is 261 g/mol. The highest BCUT2D eigenvalue weighted by molar-refractivity contribution is 5.84. The monoisotopic (exact) mass is 261 g/mol. The highest BCUT2D eigenvalue weighted by atomic mass is 17.0. The molecule has 0 atom stereocenters. The molecule has 0 aromatic carbocycles. The Kier molecular flexibility index (Phi) is 5.29. The zero-order chi connectivity index (χ0) is 13.6. The van der Waals surface area contributed by atoms with Crippen LogP contribution in [-0.2, 0) is 14.4 Å². The van der Waals surface area contributed by atoms with Crippen LogP contribution in [0.3, 0.4) is 0 Å². The van der Waals surface area contributed by atoms with Crippen LogP contribution >= 0.6 is 0 Å². The van der Waals surface area contributed by atoms with Crippen molar-refractivity contribution < 1.29 is 19.5 Å². The van der Waals surface area contributed by atoms with Crippen LogP contribution < -0.4 is 5.32 Å². The third kappa shape index (κ3) is 4.84. The van der Waals surface area contributed by atoms with Gasteiger partial charge in [0.05, 0.1) is 13.2 Å². The molecule has 1 rings (SSSR count). The van der Waals surface area contributed by atoms with Crippen LogP contribution in [0.15, 0.2) is 0 Å². The lowest BCUT2D eigenvalue weighted by Crippen LogP contribution is -2.48. The molecule has 104 valence electrons. The van der Waals surface area contributed by atoms with E-state index in [1.54, 1.807) is 0 Å². The zero-order valence-corrected chi connectivity index (χ0v) is 10.7. The topological polar surface area (TPSA) is 93.9 Å². The van der Waals surface area contributed by atoms with Crippen LogP contribution in [0.4, 0.5) is 0 Å². The van der Waals surface area contributed by atoms with Gasteiger partial charge in [-0.25, -0.2) is 0 Å². The number of nitrogens with one attached hydrogen (secondary N) is 1. The maximum Gasteiger partial charge on any atom is 0.295 e. The van der Waals surface area contributed by atoms with E-state index < -0.39 is 16.6 Å². The SMILES string of the molecule is CC(C)(O[N+](=O)[O-])C(=O)NCCN1CCOCC1. The lowest BCUT2D eigenvalue weighted by Gasteiger charge is -2.27. The highest BCUT2D eigenvalue weighted by Gasteiger charge is 2.31. The Morgan fingerprint density at radius 2 is 2.11 bits per heavy atom. The minimum Gasteiger partial charge on any atom is -0.379 e. The predicted molar refractivity (Wildman–Crippen MR) is 62.4 cm³/mol. The van der Waals surface area contributed by atoms with Gasteiger partial charge in [-0.1, -0.05) is 0 Å². The molecule has 1 fully saturated rings. The second-order valence-corrected chi connectivity index (χ2v) is 4.54. The van der Waals surface area contributed by atoms with Gasteiger partial charge in [0.1, 0.15) is 0 Å². The van der Waals surface area contributed by atoms with Crippen molar-refractivity contribution in [2.75, 3.05) is 39.4 Å². The van der Waals surface area contributed by atoms with Gasteiger partial charge in [-0.15, -0.1) is 10.1 Å². The maximum atomic E-state index is 11.7. The van der Waals surface area contributed by atoms with Gasteiger partial charge in [0.2, 0.25) is 0 Å². The van der Waals surface area contributed by atoms with Crippen LogP contribution in [0.2, 0.25) is 0 Å². The van der Waals surface area contributed by atoms with Crippen molar-refractivity contribution in [1.29, 1.82) is 0 Å². The molecule has 0 aromatic heterocycles. The fourth-order valence-corrected chi connectivity index (χ4v) is 1.59. The van der Waals surface area contributed by atoms with E-state index in [9.17, 15) is 14.9 Å². The maximum absolute atomic E-state index is 11.7. The van der Waals surface area contributed by atoms with E-state index in [0.717, 1.165) is 13.1 Å². The molecule has 0 radical (unpaired) electrons. The first-order valence-electron chi connectivity index (χ1n) is 5.84. The zero-order valence-electron chi connectivity index (χ0n) is 10.7. The molecule has 8 heteroatoms. The third-order valence-corrected chi connectivity index (χ3v) is 2.67. The largest absolute Gasteiger partial charge is 0.379 e. The number of hydrogen-bond acceptors (Lipinski definition) is 6. The van der Waals surface area contributed by atoms with Gasteiger partial charge in [0.25, 0.3) is 11.0 Å². The Bertz CT molecular complexity index is 302. The Hall–Kier alpha value is -1.41. The van der Waals surface area contributed by atoms with Crippen LogP contribution in [0.25, 0.3) is 0 Å². The molecule has 18 heavy (non-hydrogen) atoms. The number of amides is 1. The van der Waals surface area contributed by atoms with E-state index in [4.69, 9.17) is 4.74 Å². The summed E-state index contributed by atoms with van der Waals surface area (Å²) in [6.45, 7) is 6.93. The molecule has 0 aromatic rings. The van der Waals surface area contributed by atoms with Crippen LogP contribution in [-0.4, -0.2) is 60.9 Å². The van der Waals surface area contributed by atoms with E-state index >= 15 is 0 Å². The smallest absolute Gasteiger partial charge is 0.295 e. The Labute approximate surface area is 105 Å². The van der Waals surface area contributed by atoms with Gasteiger partial charge in [-0.2, -0.15) is 0 Å². The number of ether oxygens (including phenoxy) is 1. The first-order chi connectivity index (χ1) is 8.42. The molecule has 1 saturated heterocycles. The van der Waals surface area contributed by atoms with Crippen molar-refractivity contribution >= 4 is 5.91 Å². The second-order valence-electron chi connectivity index (χ2n) is 4.54. The summed E-state index contributed by atoms with van der Waals surface area (Å²) in [4.78, 5) is 28.4.